The summed E-state index contributed by atoms with van der Waals surface area (Å²) in [5.41, 5.74) is 7.65. The van der Waals surface area contributed by atoms with E-state index in [1.54, 1.807) is 0 Å². The first-order chi connectivity index (χ1) is 7.67. The van der Waals surface area contributed by atoms with Crippen molar-refractivity contribution < 1.29 is 0 Å². The van der Waals surface area contributed by atoms with E-state index in [0.29, 0.717) is 6.42 Å². The molecule has 1 rings (SSSR count). The molecule has 0 aromatic heterocycles. The second-order valence-electron chi connectivity index (χ2n) is 3.63. The molecule has 0 spiro atoms. The molecule has 0 heterocycles. The topological polar surface area (TPSA) is 53.0 Å². The molecule has 0 aliphatic carbocycles. The van der Waals surface area contributed by atoms with Crippen LogP contribution in [0.2, 0.25) is 0 Å². The van der Waals surface area contributed by atoms with Crippen LogP contribution >= 0.6 is 15.9 Å². The fourth-order valence-electron chi connectivity index (χ4n) is 1.49. The minimum absolute atomic E-state index is 0.570. The van der Waals surface area contributed by atoms with Crippen molar-refractivity contribution in [2.24, 2.45) is 0 Å². The van der Waals surface area contributed by atoms with Gasteiger partial charge in [0.15, 0.2) is 0 Å². The second kappa shape index (κ2) is 6.51. The lowest BCUT2D eigenvalue weighted by atomic mass is 10.2. The molecule has 3 nitrogen and oxygen atoms in total. The number of anilines is 1. The Morgan fingerprint density at radius 2 is 2.25 bits per heavy atom. The third-order valence-electron chi connectivity index (χ3n) is 2.46. The smallest absolute Gasteiger partial charge is 0.0635 e. The Labute approximate surface area is 105 Å². The highest BCUT2D eigenvalue weighted by molar-refractivity contribution is 9.10. The fourth-order valence-corrected chi connectivity index (χ4v) is 2.01. The van der Waals surface area contributed by atoms with Crippen LogP contribution in [0.5, 0.6) is 0 Å². The predicted octanol–water partition coefficient (Wildman–Crippen LogP) is 2.77. The van der Waals surface area contributed by atoms with Gasteiger partial charge in [0, 0.05) is 29.7 Å². The fraction of sp³-hybridized carbons (Fsp3) is 0.417. The molecule has 0 aliphatic rings. The average molecular weight is 282 g/mol. The van der Waals surface area contributed by atoms with Gasteiger partial charge in [0.1, 0.15) is 0 Å². The van der Waals surface area contributed by atoms with Crippen LogP contribution in [0.4, 0.5) is 5.69 Å². The summed E-state index contributed by atoms with van der Waals surface area (Å²) in [5, 5.41) is 8.57. The summed E-state index contributed by atoms with van der Waals surface area (Å²) in [5.74, 6) is 0. The van der Waals surface area contributed by atoms with Gasteiger partial charge in [0.05, 0.1) is 6.07 Å². The molecule has 2 N–H and O–H groups in total. The van der Waals surface area contributed by atoms with Crippen molar-refractivity contribution in [3.05, 3.63) is 28.2 Å². The highest BCUT2D eigenvalue weighted by Gasteiger charge is 2.06. The minimum Gasteiger partial charge on any atom is -0.399 e. The standard InChI is InChI=1S/C12H16BrN3/c1-2-16(7-3-6-14)9-10-4-5-11(15)8-12(10)13/h4-5,8H,2-3,7,9,15H2,1H3. The van der Waals surface area contributed by atoms with Crippen LogP contribution in [0.1, 0.15) is 18.9 Å². The van der Waals surface area contributed by atoms with Crippen LogP contribution in [0.25, 0.3) is 0 Å². The second-order valence-corrected chi connectivity index (χ2v) is 4.48. The number of nitrogens with two attached hydrogens (primary N) is 1. The maximum absolute atomic E-state index is 8.57. The molecule has 1 aromatic carbocycles. The van der Waals surface area contributed by atoms with Gasteiger partial charge in [0.2, 0.25) is 0 Å². The lowest BCUT2D eigenvalue weighted by molar-refractivity contribution is 0.286. The van der Waals surface area contributed by atoms with Crippen molar-refractivity contribution in [1.29, 1.82) is 5.26 Å². The first kappa shape index (κ1) is 13.0. The van der Waals surface area contributed by atoms with E-state index in [-0.39, 0.29) is 0 Å². The zero-order valence-electron chi connectivity index (χ0n) is 9.41. The van der Waals surface area contributed by atoms with Crippen LogP contribution < -0.4 is 5.73 Å². The molecule has 0 unspecified atom stereocenters. The summed E-state index contributed by atoms with van der Waals surface area (Å²) < 4.78 is 1.03. The number of halogens is 1. The van der Waals surface area contributed by atoms with Crippen LogP contribution in [0, 0.1) is 11.3 Å². The molecule has 4 heteroatoms. The van der Waals surface area contributed by atoms with Gasteiger partial charge in [-0.05, 0) is 24.2 Å². The van der Waals surface area contributed by atoms with Gasteiger partial charge in [-0.25, -0.2) is 0 Å². The highest BCUT2D eigenvalue weighted by Crippen LogP contribution is 2.21. The Bertz CT molecular complexity index is 384. The normalized spacial score (nSPS) is 10.4. The van der Waals surface area contributed by atoms with Crippen LogP contribution in [-0.2, 0) is 6.54 Å². The lowest BCUT2D eigenvalue weighted by Gasteiger charge is -2.19. The van der Waals surface area contributed by atoms with E-state index in [2.05, 4.69) is 33.8 Å². The van der Waals surface area contributed by atoms with E-state index in [9.17, 15) is 0 Å². The molecule has 0 bridgehead atoms. The van der Waals surface area contributed by atoms with Gasteiger partial charge in [-0.15, -0.1) is 0 Å². The molecule has 0 saturated heterocycles. The summed E-state index contributed by atoms with van der Waals surface area (Å²) in [6, 6.07) is 8.00. The summed E-state index contributed by atoms with van der Waals surface area (Å²) in [7, 11) is 0. The summed E-state index contributed by atoms with van der Waals surface area (Å²) in [6.45, 7) is 4.70. The molecular weight excluding hydrogens is 266 g/mol. The van der Waals surface area contributed by atoms with E-state index in [4.69, 9.17) is 11.0 Å². The van der Waals surface area contributed by atoms with E-state index >= 15 is 0 Å². The van der Waals surface area contributed by atoms with Crippen molar-refractivity contribution in [3.63, 3.8) is 0 Å². The van der Waals surface area contributed by atoms with Gasteiger partial charge < -0.3 is 5.73 Å². The monoisotopic (exact) mass is 281 g/mol. The zero-order valence-corrected chi connectivity index (χ0v) is 11.0. The Morgan fingerprint density at radius 1 is 1.50 bits per heavy atom. The van der Waals surface area contributed by atoms with Gasteiger partial charge in [-0.1, -0.05) is 28.9 Å². The van der Waals surface area contributed by atoms with E-state index in [0.717, 1.165) is 29.8 Å². The first-order valence-electron chi connectivity index (χ1n) is 5.30. The van der Waals surface area contributed by atoms with Gasteiger partial charge >= 0.3 is 0 Å². The number of hydrogen-bond acceptors (Lipinski definition) is 3. The molecule has 1 aromatic rings. The molecule has 0 saturated carbocycles. The molecule has 16 heavy (non-hydrogen) atoms. The molecule has 0 aliphatic heterocycles. The number of rotatable bonds is 5. The Kier molecular flexibility index (Phi) is 5.30. The number of nitrogen functional groups attached to an aromatic ring is 1. The largest absolute Gasteiger partial charge is 0.399 e. The summed E-state index contributed by atoms with van der Waals surface area (Å²) in [6.07, 6.45) is 0.570. The van der Waals surface area contributed by atoms with Gasteiger partial charge in [-0.2, -0.15) is 5.26 Å². The SMILES string of the molecule is CCN(CCC#N)Cc1ccc(N)cc1Br. The average Bonchev–Trinajstić information content (AvgIpc) is 2.27. The third-order valence-corrected chi connectivity index (χ3v) is 3.20. The Balaban J connectivity index is 2.67. The maximum atomic E-state index is 8.57. The van der Waals surface area contributed by atoms with Crippen LogP contribution in [0.15, 0.2) is 22.7 Å². The number of nitriles is 1. The Hall–Kier alpha value is -1.05. The van der Waals surface area contributed by atoms with E-state index in [1.807, 2.05) is 18.2 Å². The third kappa shape index (κ3) is 3.84. The van der Waals surface area contributed by atoms with Crippen molar-refractivity contribution >= 4 is 21.6 Å². The molecule has 0 radical (unpaired) electrons. The predicted molar refractivity (Wildman–Crippen MR) is 69.7 cm³/mol. The molecule has 86 valence electrons. The van der Waals surface area contributed by atoms with Crippen molar-refractivity contribution in [1.82, 2.24) is 4.90 Å². The Morgan fingerprint density at radius 3 is 2.81 bits per heavy atom. The van der Waals surface area contributed by atoms with Gasteiger partial charge in [0.25, 0.3) is 0 Å². The van der Waals surface area contributed by atoms with Crippen LogP contribution in [-0.4, -0.2) is 18.0 Å². The molecule has 0 atom stereocenters. The van der Waals surface area contributed by atoms with Crippen molar-refractivity contribution in [3.8, 4) is 6.07 Å². The molecular formula is C12H16BrN3. The minimum atomic E-state index is 0.570. The highest BCUT2D eigenvalue weighted by atomic mass is 79.9. The number of benzene rings is 1. The maximum Gasteiger partial charge on any atom is 0.0635 e. The first-order valence-corrected chi connectivity index (χ1v) is 6.10. The number of hydrogen-bond donors (Lipinski definition) is 1. The summed E-state index contributed by atoms with van der Waals surface area (Å²) in [4.78, 5) is 2.24. The van der Waals surface area contributed by atoms with E-state index in [1.165, 1.54) is 5.56 Å². The number of nitrogens with zero attached hydrogens (tertiary/aromatic N) is 2. The van der Waals surface area contributed by atoms with Crippen molar-refractivity contribution in [2.75, 3.05) is 18.8 Å². The van der Waals surface area contributed by atoms with Crippen molar-refractivity contribution in [2.45, 2.75) is 19.9 Å². The van der Waals surface area contributed by atoms with Crippen LogP contribution in [0.3, 0.4) is 0 Å². The summed E-state index contributed by atoms with van der Waals surface area (Å²) >= 11 is 3.50. The van der Waals surface area contributed by atoms with Gasteiger partial charge in [-0.3, -0.25) is 4.90 Å². The quantitative estimate of drug-likeness (QED) is 0.845. The molecule has 0 amide bonds. The zero-order chi connectivity index (χ0) is 12.0. The van der Waals surface area contributed by atoms with E-state index < -0.39 is 0 Å². The molecule has 0 fully saturated rings. The lowest BCUT2D eigenvalue weighted by Crippen LogP contribution is -2.24.